The molecular weight excluding hydrogens is 361 g/mol. The summed E-state index contributed by atoms with van der Waals surface area (Å²) >= 11 is 0. The molecule has 9 heteroatoms. The summed E-state index contributed by atoms with van der Waals surface area (Å²) in [5, 5.41) is 1.54. The number of nitrogens with one attached hydrogen (secondary N) is 1. The number of amides is 1. The lowest BCUT2D eigenvalue weighted by atomic mass is 9.64. The maximum atomic E-state index is 12.1. The van der Waals surface area contributed by atoms with Gasteiger partial charge in [0, 0.05) is 36.1 Å². The lowest BCUT2D eigenvalue weighted by Crippen LogP contribution is -2.39. The van der Waals surface area contributed by atoms with E-state index in [1.165, 1.54) is 17.7 Å². The SMILES string of the molecule is O=C(CNC(=O)C(F)(F)F)c1cnc(CC2(c3ccccn3)CCC2)nc1. The standard InChI is InChI=1S/C18H17F3N4O2/c19-18(20,21)16(27)25-11-13(26)12-9-23-15(24-10-12)8-17(5-3-6-17)14-4-1-2-7-22-14/h1-2,4,7,9-10H,3,5-6,8,11H2,(H,25,27). The molecule has 1 aliphatic rings. The van der Waals surface area contributed by atoms with Gasteiger partial charge >= 0.3 is 12.1 Å². The highest BCUT2D eigenvalue weighted by molar-refractivity contribution is 5.99. The van der Waals surface area contributed by atoms with Crippen molar-refractivity contribution in [3.63, 3.8) is 0 Å². The molecule has 27 heavy (non-hydrogen) atoms. The van der Waals surface area contributed by atoms with Gasteiger partial charge in [0.2, 0.25) is 0 Å². The zero-order chi connectivity index (χ0) is 19.5. The van der Waals surface area contributed by atoms with Gasteiger partial charge < -0.3 is 5.32 Å². The molecule has 3 rings (SSSR count). The molecule has 2 heterocycles. The molecule has 1 N–H and O–H groups in total. The number of nitrogens with zero attached hydrogens (tertiary/aromatic N) is 3. The van der Waals surface area contributed by atoms with Crippen LogP contribution in [0.1, 0.15) is 41.1 Å². The smallest absolute Gasteiger partial charge is 0.341 e. The molecule has 2 aromatic rings. The van der Waals surface area contributed by atoms with Crippen molar-refractivity contribution >= 4 is 11.7 Å². The van der Waals surface area contributed by atoms with Gasteiger partial charge in [0.15, 0.2) is 5.78 Å². The van der Waals surface area contributed by atoms with Crippen molar-refractivity contribution in [3.05, 3.63) is 53.9 Å². The zero-order valence-electron chi connectivity index (χ0n) is 14.3. The summed E-state index contributed by atoms with van der Waals surface area (Å²) < 4.78 is 36.4. The molecule has 0 atom stereocenters. The van der Waals surface area contributed by atoms with Crippen molar-refractivity contribution in [3.8, 4) is 0 Å². The molecule has 0 saturated heterocycles. The Morgan fingerprint density at radius 3 is 2.33 bits per heavy atom. The minimum absolute atomic E-state index is 0.0433. The lowest BCUT2D eigenvalue weighted by molar-refractivity contribution is -0.173. The third-order valence-corrected chi connectivity index (χ3v) is 4.71. The van der Waals surface area contributed by atoms with Crippen LogP contribution < -0.4 is 5.32 Å². The van der Waals surface area contributed by atoms with Gasteiger partial charge in [-0.2, -0.15) is 13.2 Å². The van der Waals surface area contributed by atoms with E-state index in [-0.39, 0.29) is 11.0 Å². The van der Waals surface area contributed by atoms with Crippen LogP contribution in [0.15, 0.2) is 36.8 Å². The van der Waals surface area contributed by atoms with Crippen molar-refractivity contribution < 1.29 is 22.8 Å². The summed E-state index contributed by atoms with van der Waals surface area (Å²) in [7, 11) is 0. The number of carbonyl (C=O) groups excluding carboxylic acids is 2. The van der Waals surface area contributed by atoms with Crippen LogP contribution in [0.2, 0.25) is 0 Å². The Morgan fingerprint density at radius 2 is 1.81 bits per heavy atom. The van der Waals surface area contributed by atoms with Gasteiger partial charge in [0.05, 0.1) is 12.1 Å². The number of halogens is 3. The second-order valence-electron chi connectivity index (χ2n) is 6.52. The molecule has 142 valence electrons. The van der Waals surface area contributed by atoms with Crippen LogP contribution in [0.5, 0.6) is 0 Å². The molecule has 1 fully saturated rings. The van der Waals surface area contributed by atoms with Gasteiger partial charge in [-0.25, -0.2) is 9.97 Å². The van der Waals surface area contributed by atoms with Crippen molar-refractivity contribution in [2.45, 2.75) is 37.3 Å². The summed E-state index contributed by atoms with van der Waals surface area (Å²) in [4.78, 5) is 35.4. The topological polar surface area (TPSA) is 84.8 Å². The van der Waals surface area contributed by atoms with Gasteiger partial charge in [-0.05, 0) is 25.0 Å². The first kappa shape index (κ1) is 18.9. The fourth-order valence-electron chi connectivity index (χ4n) is 3.06. The fraction of sp³-hybridized carbons (Fsp3) is 0.389. The van der Waals surface area contributed by atoms with Crippen molar-refractivity contribution in [1.29, 1.82) is 0 Å². The molecule has 0 spiro atoms. The zero-order valence-corrected chi connectivity index (χ0v) is 14.3. The Labute approximate surface area is 153 Å². The third kappa shape index (κ3) is 4.29. The highest BCUT2D eigenvalue weighted by Crippen LogP contribution is 2.44. The number of hydrogen-bond acceptors (Lipinski definition) is 5. The van der Waals surface area contributed by atoms with Gasteiger partial charge in [-0.15, -0.1) is 0 Å². The Kier molecular flexibility index (Phi) is 5.20. The first-order valence-electron chi connectivity index (χ1n) is 8.41. The highest BCUT2D eigenvalue weighted by atomic mass is 19.4. The quantitative estimate of drug-likeness (QED) is 0.781. The molecule has 1 aliphatic carbocycles. The van der Waals surface area contributed by atoms with E-state index in [1.807, 2.05) is 18.2 Å². The summed E-state index contributed by atoms with van der Waals surface area (Å²) in [6.45, 7) is -0.765. The second kappa shape index (κ2) is 7.42. The number of alkyl halides is 3. The van der Waals surface area contributed by atoms with Crippen molar-refractivity contribution in [1.82, 2.24) is 20.3 Å². The highest BCUT2D eigenvalue weighted by Gasteiger charge is 2.41. The number of aromatic nitrogens is 3. The minimum atomic E-state index is -5.02. The summed E-state index contributed by atoms with van der Waals surface area (Å²) in [5.74, 6) is -2.31. The minimum Gasteiger partial charge on any atom is -0.341 e. The van der Waals surface area contributed by atoms with Crippen LogP contribution in [-0.4, -0.2) is 39.4 Å². The van der Waals surface area contributed by atoms with Gasteiger partial charge in [-0.1, -0.05) is 12.5 Å². The fourth-order valence-corrected chi connectivity index (χ4v) is 3.06. The maximum Gasteiger partial charge on any atom is 0.471 e. The Morgan fingerprint density at radius 1 is 1.11 bits per heavy atom. The molecule has 0 bridgehead atoms. The van der Waals surface area contributed by atoms with E-state index < -0.39 is 24.4 Å². The number of pyridine rings is 1. The largest absolute Gasteiger partial charge is 0.471 e. The van der Waals surface area contributed by atoms with Crippen molar-refractivity contribution in [2.24, 2.45) is 0 Å². The molecule has 1 amide bonds. The van der Waals surface area contributed by atoms with Crippen molar-refractivity contribution in [2.75, 3.05) is 6.54 Å². The number of ketones is 1. The molecule has 6 nitrogen and oxygen atoms in total. The van der Waals surface area contributed by atoms with Crippen LogP contribution >= 0.6 is 0 Å². The van der Waals surface area contributed by atoms with Crippen LogP contribution in [0, 0.1) is 0 Å². The van der Waals surface area contributed by atoms with E-state index in [9.17, 15) is 22.8 Å². The predicted octanol–water partition coefficient (Wildman–Crippen LogP) is 2.40. The Balaban J connectivity index is 1.63. The molecule has 0 aromatic carbocycles. The average Bonchev–Trinajstić information content (AvgIpc) is 2.63. The van der Waals surface area contributed by atoms with Gasteiger partial charge in [0.25, 0.3) is 0 Å². The Bertz CT molecular complexity index is 819. The van der Waals surface area contributed by atoms with Crippen LogP contribution in [0.4, 0.5) is 13.2 Å². The molecule has 0 radical (unpaired) electrons. The monoisotopic (exact) mass is 378 g/mol. The lowest BCUT2D eigenvalue weighted by Gasteiger charge is -2.41. The first-order chi connectivity index (χ1) is 12.8. The number of Topliss-reactive ketones (excluding diaryl/α,β-unsaturated/α-hetero) is 1. The van der Waals surface area contributed by atoms with Crippen LogP contribution in [0.25, 0.3) is 0 Å². The van der Waals surface area contributed by atoms with E-state index in [1.54, 1.807) is 6.20 Å². The van der Waals surface area contributed by atoms with E-state index in [0.717, 1.165) is 25.0 Å². The predicted molar refractivity (Wildman–Crippen MR) is 88.9 cm³/mol. The summed E-state index contributed by atoms with van der Waals surface area (Å²) in [6.07, 6.45) is 2.87. The van der Waals surface area contributed by atoms with Gasteiger partial charge in [-0.3, -0.25) is 14.6 Å². The van der Waals surface area contributed by atoms with Gasteiger partial charge in [0.1, 0.15) is 5.82 Å². The summed E-state index contributed by atoms with van der Waals surface area (Å²) in [5.41, 5.74) is 0.907. The third-order valence-electron chi connectivity index (χ3n) is 4.71. The molecule has 1 saturated carbocycles. The number of hydrogen-bond donors (Lipinski definition) is 1. The van der Waals surface area contributed by atoms with Crippen LogP contribution in [-0.2, 0) is 16.6 Å². The number of rotatable bonds is 6. The maximum absolute atomic E-state index is 12.1. The van der Waals surface area contributed by atoms with E-state index in [0.29, 0.717) is 12.2 Å². The second-order valence-corrected chi connectivity index (χ2v) is 6.52. The van der Waals surface area contributed by atoms with E-state index >= 15 is 0 Å². The average molecular weight is 378 g/mol. The molecule has 0 unspecified atom stereocenters. The van der Waals surface area contributed by atoms with Crippen LogP contribution in [0.3, 0.4) is 0 Å². The molecular formula is C18H17F3N4O2. The Hall–Kier alpha value is -2.84. The van der Waals surface area contributed by atoms with E-state index in [2.05, 4.69) is 15.0 Å². The first-order valence-corrected chi connectivity index (χ1v) is 8.41. The summed E-state index contributed by atoms with van der Waals surface area (Å²) in [6, 6.07) is 5.75. The number of carbonyl (C=O) groups is 2. The molecule has 0 aliphatic heterocycles. The normalized spacial score (nSPS) is 15.7. The molecule has 2 aromatic heterocycles. The van der Waals surface area contributed by atoms with E-state index in [4.69, 9.17) is 0 Å².